The van der Waals surface area contributed by atoms with Crippen LogP contribution in [0.25, 0.3) is 5.65 Å². The highest BCUT2D eigenvalue weighted by Gasteiger charge is 2.17. The minimum absolute atomic E-state index is 0.0981. The predicted molar refractivity (Wildman–Crippen MR) is 51.7 cm³/mol. The molecule has 13 heavy (non-hydrogen) atoms. The average Bonchev–Trinajstić information content (AvgIpc) is 2.48. The first-order valence-corrected chi connectivity index (χ1v) is 4.36. The molecule has 0 aliphatic rings. The molecule has 2 heterocycles. The van der Waals surface area contributed by atoms with E-state index in [1.165, 1.54) is 5.56 Å². The quantitative estimate of drug-likeness (QED) is 0.613. The Bertz CT molecular complexity index is 423. The molecule has 0 amide bonds. The lowest BCUT2D eigenvalue weighted by atomic mass is 9.89. The van der Waals surface area contributed by atoms with Crippen LogP contribution in [0, 0.1) is 0 Å². The highest BCUT2D eigenvalue weighted by molar-refractivity contribution is 5.49. The second kappa shape index (κ2) is 2.55. The van der Waals surface area contributed by atoms with Gasteiger partial charge in [0.25, 0.3) is 0 Å². The molecule has 0 aliphatic carbocycles. The predicted octanol–water partition coefficient (Wildman–Crippen LogP) is 2.03. The van der Waals surface area contributed by atoms with Crippen LogP contribution in [-0.2, 0) is 5.41 Å². The van der Waals surface area contributed by atoms with Crippen molar-refractivity contribution in [3.05, 3.63) is 30.5 Å². The fraction of sp³-hybridized carbons (Fsp3) is 0.400. The van der Waals surface area contributed by atoms with E-state index in [-0.39, 0.29) is 5.41 Å². The van der Waals surface area contributed by atoms with Crippen LogP contribution in [0.3, 0.4) is 0 Å². The third-order valence-corrected chi connectivity index (χ3v) is 2.11. The molecule has 0 atom stereocenters. The zero-order valence-corrected chi connectivity index (χ0v) is 8.15. The van der Waals surface area contributed by atoms with Crippen LogP contribution in [0.4, 0.5) is 0 Å². The Balaban J connectivity index is 2.75. The first-order valence-electron chi connectivity index (χ1n) is 4.36. The summed E-state index contributed by atoms with van der Waals surface area (Å²) in [4.78, 5) is 8.48. The van der Waals surface area contributed by atoms with Crippen LogP contribution < -0.4 is 0 Å². The Morgan fingerprint density at radius 1 is 1.31 bits per heavy atom. The Morgan fingerprint density at radius 2 is 2.08 bits per heavy atom. The summed E-state index contributed by atoms with van der Waals surface area (Å²) in [5.41, 5.74) is 2.28. The summed E-state index contributed by atoms with van der Waals surface area (Å²) in [5, 5.41) is 0. The summed E-state index contributed by atoms with van der Waals surface area (Å²) < 4.78 is 1.95. The number of rotatable bonds is 0. The topological polar surface area (TPSA) is 30.2 Å². The molecule has 0 N–H and O–H groups in total. The minimum atomic E-state index is 0.0981. The molecule has 0 aliphatic heterocycles. The van der Waals surface area contributed by atoms with Crippen LogP contribution in [0.2, 0.25) is 0 Å². The van der Waals surface area contributed by atoms with Gasteiger partial charge in [-0.3, -0.25) is 4.40 Å². The fourth-order valence-corrected chi connectivity index (χ4v) is 1.38. The zero-order chi connectivity index (χ0) is 9.47. The second-order valence-corrected chi connectivity index (χ2v) is 4.22. The number of hydrogen-bond acceptors (Lipinski definition) is 2. The lowest BCUT2D eigenvalue weighted by molar-refractivity contribution is 0.588. The number of hydrogen-bond donors (Lipinski definition) is 0. The number of aromatic nitrogens is 3. The van der Waals surface area contributed by atoms with E-state index in [0.29, 0.717) is 0 Å². The molecule has 0 saturated carbocycles. The van der Waals surface area contributed by atoms with E-state index in [0.717, 1.165) is 5.65 Å². The fourth-order valence-electron chi connectivity index (χ4n) is 1.38. The molecule has 0 spiro atoms. The SMILES string of the molecule is CC(C)(C)c1cncn2ccnc12. The summed E-state index contributed by atoms with van der Waals surface area (Å²) in [6.45, 7) is 6.50. The van der Waals surface area contributed by atoms with Crippen LogP contribution in [0.15, 0.2) is 24.9 Å². The van der Waals surface area contributed by atoms with Gasteiger partial charge in [-0.05, 0) is 5.41 Å². The zero-order valence-electron chi connectivity index (χ0n) is 8.15. The molecular weight excluding hydrogens is 162 g/mol. The molecule has 2 rings (SSSR count). The van der Waals surface area contributed by atoms with Gasteiger partial charge in [0.05, 0.1) is 0 Å². The second-order valence-electron chi connectivity index (χ2n) is 4.22. The summed E-state index contributed by atoms with van der Waals surface area (Å²) in [6, 6.07) is 0. The van der Waals surface area contributed by atoms with Crippen molar-refractivity contribution in [2.24, 2.45) is 0 Å². The normalized spacial score (nSPS) is 12.2. The average molecular weight is 175 g/mol. The van der Waals surface area contributed by atoms with Gasteiger partial charge in [0.15, 0.2) is 0 Å². The van der Waals surface area contributed by atoms with E-state index >= 15 is 0 Å². The van der Waals surface area contributed by atoms with Gasteiger partial charge in [-0.25, -0.2) is 9.97 Å². The van der Waals surface area contributed by atoms with Crippen molar-refractivity contribution in [3.8, 4) is 0 Å². The van der Waals surface area contributed by atoms with Crippen molar-refractivity contribution in [1.82, 2.24) is 14.4 Å². The molecule has 0 aromatic carbocycles. The monoisotopic (exact) mass is 175 g/mol. The van der Waals surface area contributed by atoms with Crippen molar-refractivity contribution in [2.75, 3.05) is 0 Å². The van der Waals surface area contributed by atoms with Gasteiger partial charge in [-0.2, -0.15) is 0 Å². The van der Waals surface area contributed by atoms with Crippen molar-refractivity contribution < 1.29 is 0 Å². The Morgan fingerprint density at radius 3 is 2.77 bits per heavy atom. The highest BCUT2D eigenvalue weighted by atomic mass is 15.0. The molecule has 0 radical (unpaired) electrons. The van der Waals surface area contributed by atoms with Gasteiger partial charge < -0.3 is 0 Å². The van der Waals surface area contributed by atoms with Gasteiger partial charge in [-0.15, -0.1) is 0 Å². The minimum Gasteiger partial charge on any atom is -0.290 e. The van der Waals surface area contributed by atoms with Gasteiger partial charge in [0, 0.05) is 24.2 Å². The summed E-state index contributed by atoms with van der Waals surface area (Å²) >= 11 is 0. The Hall–Kier alpha value is -1.38. The van der Waals surface area contributed by atoms with Crippen molar-refractivity contribution in [3.63, 3.8) is 0 Å². The molecule has 0 bridgehead atoms. The summed E-state index contributed by atoms with van der Waals surface area (Å²) in [6.07, 6.45) is 7.38. The van der Waals surface area contributed by atoms with Crippen molar-refractivity contribution >= 4 is 5.65 Å². The summed E-state index contributed by atoms with van der Waals surface area (Å²) in [5.74, 6) is 0. The molecule has 68 valence electrons. The first-order chi connectivity index (χ1) is 6.09. The van der Waals surface area contributed by atoms with Crippen LogP contribution in [-0.4, -0.2) is 14.4 Å². The largest absolute Gasteiger partial charge is 0.290 e. The first kappa shape index (κ1) is 8.23. The third kappa shape index (κ3) is 1.30. The maximum Gasteiger partial charge on any atom is 0.143 e. The maximum atomic E-state index is 4.31. The molecule has 0 unspecified atom stereocenters. The van der Waals surface area contributed by atoms with Gasteiger partial charge in [0.2, 0.25) is 0 Å². The van der Waals surface area contributed by atoms with E-state index in [1.807, 2.05) is 16.8 Å². The molecular formula is C10H13N3. The Labute approximate surface area is 77.4 Å². The van der Waals surface area contributed by atoms with Gasteiger partial charge in [-0.1, -0.05) is 20.8 Å². The van der Waals surface area contributed by atoms with Crippen molar-refractivity contribution in [1.29, 1.82) is 0 Å². The van der Waals surface area contributed by atoms with E-state index in [1.54, 1.807) is 12.5 Å². The molecule has 0 fully saturated rings. The standard InChI is InChI=1S/C10H13N3/c1-10(2,3)8-6-11-7-13-5-4-12-9(8)13/h4-7H,1-3H3. The summed E-state index contributed by atoms with van der Waals surface area (Å²) in [7, 11) is 0. The molecule has 3 heteroatoms. The van der Waals surface area contributed by atoms with E-state index < -0.39 is 0 Å². The Kier molecular flexibility index (Phi) is 1.62. The molecule has 3 nitrogen and oxygen atoms in total. The van der Waals surface area contributed by atoms with Gasteiger partial charge >= 0.3 is 0 Å². The van der Waals surface area contributed by atoms with E-state index in [4.69, 9.17) is 0 Å². The highest BCUT2D eigenvalue weighted by Crippen LogP contribution is 2.24. The van der Waals surface area contributed by atoms with Crippen molar-refractivity contribution in [2.45, 2.75) is 26.2 Å². The van der Waals surface area contributed by atoms with Crippen LogP contribution in [0.1, 0.15) is 26.3 Å². The lowest BCUT2D eigenvalue weighted by Crippen LogP contribution is -2.13. The van der Waals surface area contributed by atoms with E-state index in [9.17, 15) is 0 Å². The maximum absolute atomic E-state index is 4.31. The number of fused-ring (bicyclic) bond motifs is 1. The van der Waals surface area contributed by atoms with Crippen LogP contribution >= 0.6 is 0 Å². The van der Waals surface area contributed by atoms with Crippen LogP contribution in [0.5, 0.6) is 0 Å². The molecule has 2 aromatic heterocycles. The number of nitrogens with zero attached hydrogens (tertiary/aromatic N) is 3. The number of imidazole rings is 1. The molecule has 2 aromatic rings. The molecule has 0 saturated heterocycles. The van der Waals surface area contributed by atoms with Gasteiger partial charge in [0.1, 0.15) is 12.0 Å². The van der Waals surface area contributed by atoms with E-state index in [2.05, 4.69) is 30.7 Å². The third-order valence-electron chi connectivity index (χ3n) is 2.11. The lowest BCUT2D eigenvalue weighted by Gasteiger charge is -2.18. The smallest absolute Gasteiger partial charge is 0.143 e.